The van der Waals surface area contributed by atoms with Crippen molar-refractivity contribution in [2.45, 2.75) is 51.9 Å². The van der Waals surface area contributed by atoms with E-state index in [9.17, 15) is 35.9 Å². The summed E-state index contributed by atoms with van der Waals surface area (Å²) in [5.74, 6) is -0.755. The highest BCUT2D eigenvalue weighted by Crippen LogP contribution is 2.29. The van der Waals surface area contributed by atoms with Crippen LogP contribution in [0.5, 0.6) is 5.75 Å². The van der Waals surface area contributed by atoms with Crippen molar-refractivity contribution in [3.05, 3.63) is 75.1 Å². The Balaban J connectivity index is 0.000000307. The molecule has 4 aromatic rings. The van der Waals surface area contributed by atoms with Gasteiger partial charge in [-0.1, -0.05) is 26.2 Å². The summed E-state index contributed by atoms with van der Waals surface area (Å²) in [7, 11) is 0. The van der Waals surface area contributed by atoms with Gasteiger partial charge in [-0.25, -0.2) is 14.5 Å². The third-order valence-corrected chi connectivity index (χ3v) is 5.57. The van der Waals surface area contributed by atoms with Crippen molar-refractivity contribution in [2.75, 3.05) is 5.73 Å². The predicted octanol–water partition coefficient (Wildman–Crippen LogP) is 5.15. The van der Waals surface area contributed by atoms with Crippen LogP contribution >= 0.6 is 0 Å². The zero-order valence-corrected chi connectivity index (χ0v) is 21.0. The van der Waals surface area contributed by atoms with Gasteiger partial charge in [-0.05, 0) is 30.7 Å². The molecule has 9 nitrogen and oxygen atoms in total. The number of rotatable bonds is 8. The number of benzene rings is 1. The largest absolute Gasteiger partial charge is 0.433 e. The van der Waals surface area contributed by atoms with E-state index in [1.807, 2.05) is 0 Å². The van der Waals surface area contributed by atoms with Crippen molar-refractivity contribution >= 4 is 16.6 Å². The molecule has 3 N–H and O–H groups in total. The molecule has 3 aromatic heterocycles. The lowest BCUT2D eigenvalue weighted by Gasteiger charge is -2.09. The lowest BCUT2D eigenvalue weighted by atomic mass is 10.1. The second-order valence-corrected chi connectivity index (χ2v) is 8.44. The monoisotopic (exact) mass is 570 g/mol. The zero-order chi connectivity index (χ0) is 29.4. The lowest BCUT2D eigenvalue weighted by Crippen LogP contribution is -2.24. The normalized spacial score (nSPS) is 11.4. The zero-order valence-electron chi connectivity index (χ0n) is 21.0. The number of hydrogen-bond donors (Lipinski definition) is 2. The summed E-state index contributed by atoms with van der Waals surface area (Å²) in [4.78, 5) is 31.4. The number of H-pyrrole nitrogens is 1. The average Bonchev–Trinajstić information content (AvgIpc) is 2.87. The van der Waals surface area contributed by atoms with E-state index in [2.05, 4.69) is 26.7 Å². The summed E-state index contributed by atoms with van der Waals surface area (Å²) < 4.78 is 80.7. The Morgan fingerprint density at radius 1 is 1.07 bits per heavy atom. The number of nitrogens with two attached hydrogens (primary N) is 1. The molecule has 0 bridgehead atoms. The number of unbranched alkanes of at least 4 members (excludes halogenated alkanes) is 3. The molecule has 40 heavy (non-hydrogen) atoms. The van der Waals surface area contributed by atoms with Crippen LogP contribution in [-0.4, -0.2) is 31.3 Å². The van der Waals surface area contributed by atoms with Gasteiger partial charge in [0, 0.05) is 12.1 Å². The maximum atomic E-state index is 14.6. The van der Waals surface area contributed by atoms with Crippen molar-refractivity contribution in [3.8, 4) is 17.0 Å². The van der Waals surface area contributed by atoms with Gasteiger partial charge in [0.15, 0.2) is 0 Å². The van der Waals surface area contributed by atoms with Gasteiger partial charge in [0.05, 0.1) is 41.0 Å². The molecule has 15 heteroatoms. The highest BCUT2D eigenvalue weighted by molar-refractivity contribution is 5.83. The first-order valence-corrected chi connectivity index (χ1v) is 11.9. The van der Waals surface area contributed by atoms with E-state index in [1.165, 1.54) is 29.1 Å². The number of fused-ring (bicyclic) bond motifs is 1. The molecule has 0 spiro atoms. The molecule has 0 unspecified atom stereocenters. The number of nitrogens with one attached hydrogen (secondary N) is 1. The molecule has 0 amide bonds. The Bertz CT molecular complexity index is 1550. The van der Waals surface area contributed by atoms with Crippen LogP contribution in [-0.2, 0) is 12.7 Å². The second-order valence-electron chi connectivity index (χ2n) is 8.44. The highest BCUT2D eigenvalue weighted by Gasteiger charge is 2.36. The van der Waals surface area contributed by atoms with E-state index in [0.717, 1.165) is 44.1 Å². The molecular weight excluding hydrogens is 546 g/mol. The number of ether oxygens (including phenoxy) is 1. The van der Waals surface area contributed by atoms with Crippen LogP contribution in [0, 0.1) is 5.82 Å². The third-order valence-electron chi connectivity index (χ3n) is 5.57. The summed E-state index contributed by atoms with van der Waals surface area (Å²) in [6.45, 7) is -0.310. The number of anilines is 1. The van der Waals surface area contributed by atoms with Gasteiger partial charge in [0.2, 0.25) is 0 Å². The van der Waals surface area contributed by atoms with E-state index in [4.69, 9.17) is 5.73 Å². The van der Waals surface area contributed by atoms with E-state index in [0.29, 0.717) is 12.1 Å². The van der Waals surface area contributed by atoms with E-state index in [-0.39, 0.29) is 28.0 Å². The maximum absolute atomic E-state index is 14.6. The van der Waals surface area contributed by atoms with Gasteiger partial charge in [0.25, 0.3) is 11.1 Å². The Morgan fingerprint density at radius 3 is 2.40 bits per heavy atom. The van der Waals surface area contributed by atoms with Gasteiger partial charge in [-0.3, -0.25) is 19.1 Å². The van der Waals surface area contributed by atoms with Crippen LogP contribution in [0.3, 0.4) is 0 Å². The number of nitrogens with zero attached hydrogens (tertiary/aromatic N) is 4. The van der Waals surface area contributed by atoms with Crippen molar-refractivity contribution in [3.63, 3.8) is 0 Å². The van der Waals surface area contributed by atoms with Crippen LogP contribution in [0.15, 0.2) is 52.6 Å². The number of pyridine rings is 1. The first kappa shape index (κ1) is 30.1. The average molecular weight is 570 g/mol. The first-order chi connectivity index (χ1) is 18.9. The van der Waals surface area contributed by atoms with Crippen LogP contribution in [0.4, 0.5) is 32.0 Å². The molecular formula is C25H24F6N6O3. The number of aromatic amines is 1. The number of aryl methyl sites for hydroxylation is 1. The Morgan fingerprint density at radius 2 is 1.82 bits per heavy atom. The summed E-state index contributed by atoms with van der Waals surface area (Å²) in [5.41, 5.74) is 1.91. The maximum Gasteiger partial charge on any atom is 0.423 e. The fourth-order valence-corrected chi connectivity index (χ4v) is 3.66. The topological polar surface area (TPSA) is 129 Å². The minimum Gasteiger partial charge on any atom is -0.433 e. The van der Waals surface area contributed by atoms with Crippen molar-refractivity contribution in [1.82, 2.24) is 24.7 Å². The number of nitrogen functional groups attached to an aromatic ring is 1. The summed E-state index contributed by atoms with van der Waals surface area (Å²) in [6, 6.07) is 5.23. The minimum atomic E-state index is -4.74. The summed E-state index contributed by atoms with van der Waals surface area (Å²) in [5, 5.41) is 4.93. The second kappa shape index (κ2) is 13.1. The van der Waals surface area contributed by atoms with Gasteiger partial charge >= 0.3 is 12.8 Å². The van der Waals surface area contributed by atoms with Crippen molar-refractivity contribution in [2.24, 2.45) is 0 Å². The molecule has 4 rings (SSSR count). The minimum absolute atomic E-state index is 0.121. The smallest absolute Gasteiger partial charge is 0.423 e. The van der Waals surface area contributed by atoms with Crippen LogP contribution in [0.25, 0.3) is 22.2 Å². The molecule has 0 aliphatic carbocycles. The molecule has 0 radical (unpaired) electrons. The Hall–Kier alpha value is -4.43. The standard InChI is InChI=1S/C20H20F3N3O2.C5H4F3N3O/c1-2-3-4-5-8-26-12-25-18-10-14(16(21)9-15(18)19(26)27)17-7-6-13(11-24-17)28-20(22)23;6-5(7,8)3-2(9)1-10-11-4(3)12/h6-7,9-12,20H,2-5,8H2,1H3;1H,(H3,9,11,12). The van der Waals surface area contributed by atoms with Crippen LogP contribution in [0.1, 0.15) is 38.2 Å². The summed E-state index contributed by atoms with van der Waals surface area (Å²) >= 11 is 0. The highest BCUT2D eigenvalue weighted by atomic mass is 19.4. The summed E-state index contributed by atoms with van der Waals surface area (Å²) in [6.07, 6.45) is 2.64. The molecule has 0 saturated carbocycles. The molecule has 0 atom stereocenters. The molecule has 1 aromatic carbocycles. The lowest BCUT2D eigenvalue weighted by molar-refractivity contribution is -0.138. The fraction of sp³-hybridized carbons (Fsp3) is 0.320. The van der Waals surface area contributed by atoms with E-state index in [1.54, 1.807) is 5.10 Å². The number of alkyl halides is 5. The molecule has 0 fully saturated rings. The quantitative estimate of drug-likeness (QED) is 0.221. The number of aromatic nitrogens is 5. The van der Waals surface area contributed by atoms with Gasteiger partial charge in [-0.2, -0.15) is 27.1 Å². The van der Waals surface area contributed by atoms with Gasteiger partial charge in [-0.15, -0.1) is 0 Å². The molecule has 0 saturated heterocycles. The van der Waals surface area contributed by atoms with Crippen molar-refractivity contribution in [1.29, 1.82) is 0 Å². The molecule has 3 heterocycles. The van der Waals surface area contributed by atoms with Gasteiger partial charge in [0.1, 0.15) is 17.1 Å². The van der Waals surface area contributed by atoms with Crippen LogP contribution < -0.4 is 21.6 Å². The first-order valence-electron chi connectivity index (χ1n) is 11.9. The third kappa shape index (κ3) is 7.57. The Labute approximate surface area is 222 Å². The number of halogens is 6. The van der Waals surface area contributed by atoms with E-state index < -0.39 is 35.4 Å². The SMILES string of the molecule is CCCCCCn1cnc2cc(-c3ccc(OC(F)F)cn3)c(F)cc2c1=O.Nc1cn[nH]c(=O)c1C(F)(F)F. The Kier molecular flexibility index (Phi) is 9.85. The van der Waals surface area contributed by atoms with E-state index >= 15 is 0 Å². The molecule has 0 aliphatic heterocycles. The molecule has 0 aliphatic rings. The van der Waals surface area contributed by atoms with Crippen LogP contribution in [0.2, 0.25) is 0 Å². The fourth-order valence-electron chi connectivity index (χ4n) is 3.66. The van der Waals surface area contributed by atoms with Gasteiger partial charge < -0.3 is 10.5 Å². The predicted molar refractivity (Wildman–Crippen MR) is 134 cm³/mol. The van der Waals surface area contributed by atoms with Crippen molar-refractivity contribution < 1.29 is 31.1 Å². The number of hydrogen-bond acceptors (Lipinski definition) is 7. The molecule has 214 valence electrons.